The standard InChI is InChI=1S/C10H18N4O/c1-8-6-13-14(7-8)4-3-12-9(2)5-10(11)15/h6-7,9,12H,3-5H2,1-2H3,(H2,11,15)/t9-/m0/s1. The molecule has 15 heavy (non-hydrogen) atoms. The third-order valence-corrected chi connectivity index (χ3v) is 2.10. The number of hydrogen-bond donors (Lipinski definition) is 2. The molecule has 1 atom stereocenters. The topological polar surface area (TPSA) is 72.9 Å². The van der Waals surface area contributed by atoms with Gasteiger partial charge in [0.25, 0.3) is 0 Å². The molecule has 0 saturated carbocycles. The molecule has 0 spiro atoms. The van der Waals surface area contributed by atoms with Crippen LogP contribution in [0, 0.1) is 6.92 Å². The Balaban J connectivity index is 2.18. The molecule has 3 N–H and O–H groups in total. The van der Waals surface area contributed by atoms with Gasteiger partial charge in [0.15, 0.2) is 0 Å². The summed E-state index contributed by atoms with van der Waals surface area (Å²) in [5.41, 5.74) is 6.24. The van der Waals surface area contributed by atoms with Crippen molar-refractivity contribution in [1.29, 1.82) is 0 Å². The number of carbonyl (C=O) groups excluding carboxylic acids is 1. The van der Waals surface area contributed by atoms with Crippen molar-refractivity contribution in [2.45, 2.75) is 32.9 Å². The monoisotopic (exact) mass is 210 g/mol. The summed E-state index contributed by atoms with van der Waals surface area (Å²) in [6.07, 6.45) is 4.19. The summed E-state index contributed by atoms with van der Waals surface area (Å²) in [6, 6.07) is 0.124. The highest BCUT2D eigenvalue weighted by Crippen LogP contribution is 1.94. The van der Waals surface area contributed by atoms with Crippen molar-refractivity contribution < 1.29 is 4.79 Å². The van der Waals surface area contributed by atoms with E-state index in [9.17, 15) is 4.79 Å². The van der Waals surface area contributed by atoms with Crippen molar-refractivity contribution in [2.75, 3.05) is 6.54 Å². The van der Waals surface area contributed by atoms with E-state index in [0.717, 1.165) is 18.7 Å². The molecule has 0 radical (unpaired) electrons. The molecule has 0 unspecified atom stereocenters. The fraction of sp³-hybridized carbons (Fsp3) is 0.600. The molecular formula is C10H18N4O. The Hall–Kier alpha value is -1.36. The predicted molar refractivity (Wildman–Crippen MR) is 58.2 cm³/mol. The number of nitrogens with two attached hydrogens (primary N) is 1. The molecule has 0 aliphatic heterocycles. The Morgan fingerprint density at radius 3 is 3.00 bits per heavy atom. The van der Waals surface area contributed by atoms with E-state index in [1.165, 1.54) is 0 Å². The van der Waals surface area contributed by atoms with Crippen molar-refractivity contribution >= 4 is 5.91 Å². The lowest BCUT2D eigenvalue weighted by molar-refractivity contribution is -0.118. The zero-order valence-corrected chi connectivity index (χ0v) is 9.23. The van der Waals surface area contributed by atoms with Crippen LogP contribution in [0.15, 0.2) is 12.4 Å². The van der Waals surface area contributed by atoms with E-state index in [1.54, 1.807) is 0 Å². The van der Waals surface area contributed by atoms with Crippen LogP contribution in [0.4, 0.5) is 0 Å². The fourth-order valence-electron chi connectivity index (χ4n) is 1.39. The first-order chi connectivity index (χ1) is 7.08. The molecule has 84 valence electrons. The molecule has 1 aromatic rings. The maximum atomic E-state index is 10.6. The van der Waals surface area contributed by atoms with Crippen LogP contribution in [0.1, 0.15) is 18.9 Å². The van der Waals surface area contributed by atoms with E-state index >= 15 is 0 Å². The van der Waals surface area contributed by atoms with Gasteiger partial charge in [0, 0.05) is 25.2 Å². The first-order valence-electron chi connectivity index (χ1n) is 5.08. The van der Waals surface area contributed by atoms with Crippen LogP contribution in [0.2, 0.25) is 0 Å². The molecule has 0 bridgehead atoms. The van der Waals surface area contributed by atoms with E-state index in [2.05, 4.69) is 10.4 Å². The number of nitrogens with one attached hydrogen (secondary N) is 1. The van der Waals surface area contributed by atoms with Gasteiger partial charge in [-0.3, -0.25) is 9.48 Å². The number of nitrogens with zero attached hydrogens (tertiary/aromatic N) is 2. The van der Waals surface area contributed by atoms with E-state index in [0.29, 0.717) is 6.42 Å². The number of aromatic nitrogens is 2. The van der Waals surface area contributed by atoms with Gasteiger partial charge in [-0.05, 0) is 19.4 Å². The minimum atomic E-state index is -0.273. The second-order valence-electron chi connectivity index (χ2n) is 3.81. The molecule has 0 fully saturated rings. The Morgan fingerprint density at radius 2 is 2.47 bits per heavy atom. The number of primary amides is 1. The summed E-state index contributed by atoms with van der Waals surface area (Å²) in [5.74, 6) is -0.273. The van der Waals surface area contributed by atoms with Gasteiger partial charge in [-0.15, -0.1) is 0 Å². The SMILES string of the molecule is Cc1cnn(CCN[C@@H](C)CC(N)=O)c1. The molecule has 0 aromatic carbocycles. The lowest BCUT2D eigenvalue weighted by Gasteiger charge is -2.11. The van der Waals surface area contributed by atoms with E-state index in [4.69, 9.17) is 5.73 Å². The van der Waals surface area contributed by atoms with Gasteiger partial charge in [0.05, 0.1) is 12.7 Å². The molecule has 1 rings (SSSR count). The molecule has 0 aliphatic carbocycles. The molecule has 5 heteroatoms. The molecule has 0 aliphatic rings. The number of rotatable bonds is 6. The Labute approximate surface area is 89.6 Å². The van der Waals surface area contributed by atoms with Crippen molar-refractivity contribution in [2.24, 2.45) is 5.73 Å². The third-order valence-electron chi connectivity index (χ3n) is 2.10. The van der Waals surface area contributed by atoms with Gasteiger partial charge in [0.2, 0.25) is 5.91 Å². The molecular weight excluding hydrogens is 192 g/mol. The second kappa shape index (κ2) is 5.50. The first-order valence-corrected chi connectivity index (χ1v) is 5.08. The van der Waals surface area contributed by atoms with Gasteiger partial charge in [0.1, 0.15) is 0 Å². The van der Waals surface area contributed by atoms with Crippen LogP contribution in [-0.2, 0) is 11.3 Å². The van der Waals surface area contributed by atoms with Crippen molar-refractivity contribution in [1.82, 2.24) is 15.1 Å². The van der Waals surface area contributed by atoms with Crippen LogP contribution in [0.3, 0.4) is 0 Å². The van der Waals surface area contributed by atoms with Crippen LogP contribution in [-0.4, -0.2) is 28.3 Å². The zero-order chi connectivity index (χ0) is 11.3. The van der Waals surface area contributed by atoms with Crippen LogP contribution >= 0.6 is 0 Å². The summed E-state index contributed by atoms with van der Waals surface area (Å²) in [6.45, 7) is 5.54. The van der Waals surface area contributed by atoms with Gasteiger partial charge in [-0.1, -0.05) is 0 Å². The zero-order valence-electron chi connectivity index (χ0n) is 9.23. The lowest BCUT2D eigenvalue weighted by Crippen LogP contribution is -2.33. The maximum Gasteiger partial charge on any atom is 0.218 e. The first kappa shape index (κ1) is 11.7. The summed E-state index contributed by atoms with van der Waals surface area (Å²) >= 11 is 0. The van der Waals surface area contributed by atoms with Crippen molar-refractivity contribution in [3.05, 3.63) is 18.0 Å². The van der Waals surface area contributed by atoms with Gasteiger partial charge >= 0.3 is 0 Å². The number of amides is 1. The number of carbonyl (C=O) groups is 1. The van der Waals surface area contributed by atoms with E-state index in [-0.39, 0.29) is 11.9 Å². The summed E-state index contributed by atoms with van der Waals surface area (Å²) < 4.78 is 1.87. The van der Waals surface area contributed by atoms with Crippen LogP contribution in [0.5, 0.6) is 0 Å². The highest BCUT2D eigenvalue weighted by atomic mass is 16.1. The smallest absolute Gasteiger partial charge is 0.218 e. The lowest BCUT2D eigenvalue weighted by atomic mass is 10.2. The second-order valence-corrected chi connectivity index (χ2v) is 3.81. The fourth-order valence-corrected chi connectivity index (χ4v) is 1.39. The van der Waals surface area contributed by atoms with Crippen molar-refractivity contribution in [3.8, 4) is 0 Å². The molecule has 0 saturated heterocycles. The molecule has 1 aromatic heterocycles. The average Bonchev–Trinajstić information content (AvgIpc) is 2.50. The van der Waals surface area contributed by atoms with Crippen molar-refractivity contribution in [3.63, 3.8) is 0 Å². The average molecular weight is 210 g/mol. The molecule has 1 heterocycles. The molecule has 1 amide bonds. The highest BCUT2D eigenvalue weighted by molar-refractivity contribution is 5.74. The predicted octanol–water partition coefficient (Wildman–Crippen LogP) is 0.0450. The third kappa shape index (κ3) is 4.60. The van der Waals surface area contributed by atoms with E-state index < -0.39 is 0 Å². The van der Waals surface area contributed by atoms with Gasteiger partial charge in [-0.25, -0.2) is 0 Å². The van der Waals surface area contributed by atoms with Gasteiger partial charge in [-0.2, -0.15) is 5.10 Å². The normalized spacial score (nSPS) is 12.7. The number of hydrogen-bond acceptors (Lipinski definition) is 3. The molecule has 5 nitrogen and oxygen atoms in total. The Bertz CT molecular complexity index is 321. The Kier molecular flexibility index (Phi) is 4.30. The minimum absolute atomic E-state index is 0.124. The summed E-state index contributed by atoms with van der Waals surface area (Å²) in [4.78, 5) is 10.6. The summed E-state index contributed by atoms with van der Waals surface area (Å²) in [7, 11) is 0. The number of aryl methyl sites for hydroxylation is 1. The van der Waals surface area contributed by atoms with E-state index in [1.807, 2.05) is 30.9 Å². The largest absolute Gasteiger partial charge is 0.370 e. The van der Waals surface area contributed by atoms with Crippen LogP contribution in [0.25, 0.3) is 0 Å². The quantitative estimate of drug-likeness (QED) is 0.696. The Morgan fingerprint density at radius 1 is 1.73 bits per heavy atom. The van der Waals surface area contributed by atoms with Crippen LogP contribution < -0.4 is 11.1 Å². The maximum absolute atomic E-state index is 10.6. The summed E-state index contributed by atoms with van der Waals surface area (Å²) in [5, 5.41) is 7.37. The van der Waals surface area contributed by atoms with Gasteiger partial charge < -0.3 is 11.1 Å². The highest BCUT2D eigenvalue weighted by Gasteiger charge is 2.04. The minimum Gasteiger partial charge on any atom is -0.370 e.